The van der Waals surface area contributed by atoms with Gasteiger partial charge in [-0.25, -0.2) is 0 Å². The van der Waals surface area contributed by atoms with Gasteiger partial charge in [0.25, 0.3) is 0 Å². The van der Waals surface area contributed by atoms with Crippen LogP contribution in [0.25, 0.3) is 0 Å². The van der Waals surface area contributed by atoms with Crippen LogP contribution in [0, 0.1) is 6.92 Å². The molecule has 0 fully saturated rings. The van der Waals surface area contributed by atoms with E-state index in [2.05, 4.69) is 20.3 Å². The molecule has 0 bridgehead atoms. The van der Waals surface area contributed by atoms with Crippen LogP contribution in [0.5, 0.6) is 5.75 Å². The van der Waals surface area contributed by atoms with Crippen LogP contribution in [0.15, 0.2) is 18.2 Å². The second kappa shape index (κ2) is 7.15. The number of esters is 1. The molecular weight excluding hydrogens is 211 g/mol. The summed E-state index contributed by atoms with van der Waals surface area (Å²) in [6.07, 6.45) is 3.35. The Hall–Kier alpha value is -1.25. The number of benzene rings is 1. The zero-order chi connectivity index (χ0) is 12.7. The summed E-state index contributed by atoms with van der Waals surface area (Å²) in [4.78, 5) is 11.4. The van der Waals surface area contributed by atoms with Crippen molar-refractivity contribution in [3.05, 3.63) is 29.3 Å². The molecule has 0 aliphatic heterocycles. The van der Waals surface area contributed by atoms with E-state index in [1.165, 1.54) is 5.56 Å². The van der Waals surface area contributed by atoms with Crippen molar-refractivity contribution < 1.29 is 9.53 Å². The number of hydrogen-bond donors (Lipinski definition) is 0. The molecule has 0 atom stereocenters. The Balaban J connectivity index is 2.65. The zero-order valence-electron chi connectivity index (χ0n) is 11.0. The van der Waals surface area contributed by atoms with E-state index in [0.717, 1.165) is 24.6 Å². The summed E-state index contributed by atoms with van der Waals surface area (Å²) in [7, 11) is 2.23. The Labute approximate surface area is 105 Å². The maximum atomic E-state index is 11.4. The highest BCUT2D eigenvalue weighted by atomic mass is 16.5. The lowest BCUT2D eigenvalue weighted by Crippen LogP contribution is -2.08. The molecule has 0 aromatic heterocycles. The number of carbonyl (C=O) groups excluding carboxylic acids is 1. The monoisotopic (exact) mass is 231 g/mol. The van der Waals surface area contributed by atoms with Crippen molar-refractivity contribution in [3.8, 4) is 5.75 Å². The highest BCUT2D eigenvalue weighted by Crippen LogP contribution is 2.20. The molecule has 0 amide bonds. The van der Waals surface area contributed by atoms with Gasteiger partial charge in [0.15, 0.2) is 0 Å². The lowest BCUT2D eigenvalue weighted by molar-refractivity contribution is -0.134. The number of carbonyl (C=O) groups is 1. The van der Waals surface area contributed by atoms with E-state index in [1.807, 2.05) is 26.0 Å². The van der Waals surface area contributed by atoms with Crippen LogP contribution in [0.1, 0.15) is 37.8 Å². The van der Waals surface area contributed by atoms with Crippen molar-refractivity contribution in [3.63, 3.8) is 0 Å². The van der Waals surface area contributed by atoms with Gasteiger partial charge in [0.05, 0.1) is 0 Å². The molecule has 0 N–H and O–H groups in total. The van der Waals surface area contributed by atoms with Gasteiger partial charge in [0.1, 0.15) is 13.0 Å². The third-order valence-electron chi connectivity index (χ3n) is 2.59. The lowest BCUT2D eigenvalue weighted by atomic mass is 9.69. The smallest absolute Gasteiger partial charge is 0.311 e. The molecule has 0 saturated carbocycles. The quantitative estimate of drug-likeness (QED) is 0.426. The first-order chi connectivity index (χ1) is 8.17. The predicted molar refractivity (Wildman–Crippen MR) is 71.7 cm³/mol. The summed E-state index contributed by atoms with van der Waals surface area (Å²) >= 11 is 0. The fraction of sp³-hybridized carbons (Fsp3) is 0.500. The van der Waals surface area contributed by atoms with Crippen molar-refractivity contribution >= 4 is 13.2 Å². The average molecular weight is 231 g/mol. The molecule has 1 radical (unpaired) electrons. The van der Waals surface area contributed by atoms with Crippen LogP contribution < -0.4 is 4.74 Å². The first-order valence-electron chi connectivity index (χ1n) is 6.29. The van der Waals surface area contributed by atoms with Gasteiger partial charge < -0.3 is 4.74 Å². The zero-order valence-corrected chi connectivity index (χ0v) is 11.0. The number of ether oxygens (including phenoxy) is 1. The maximum absolute atomic E-state index is 11.4. The Kier molecular flexibility index (Phi) is 5.81. The topological polar surface area (TPSA) is 26.3 Å². The fourth-order valence-electron chi connectivity index (χ4n) is 1.64. The van der Waals surface area contributed by atoms with Crippen molar-refractivity contribution in [1.82, 2.24) is 0 Å². The molecule has 1 aromatic rings. The van der Waals surface area contributed by atoms with E-state index in [4.69, 9.17) is 4.74 Å². The van der Waals surface area contributed by atoms with Gasteiger partial charge >= 0.3 is 5.97 Å². The Bertz CT molecular complexity index is 374. The van der Waals surface area contributed by atoms with Crippen molar-refractivity contribution in [2.45, 2.75) is 46.3 Å². The molecule has 91 valence electrons. The van der Waals surface area contributed by atoms with Crippen LogP contribution in [-0.4, -0.2) is 13.2 Å². The van der Waals surface area contributed by atoms with Crippen LogP contribution in [-0.2, 0) is 11.1 Å². The first kappa shape index (κ1) is 13.8. The third kappa shape index (κ3) is 4.64. The average Bonchev–Trinajstić information content (AvgIpc) is 2.30. The van der Waals surface area contributed by atoms with Crippen LogP contribution >= 0.6 is 0 Å². The van der Waals surface area contributed by atoms with Gasteiger partial charge in [-0.3, -0.25) is 4.79 Å². The van der Waals surface area contributed by atoms with Gasteiger partial charge in [0.2, 0.25) is 0 Å². The fourth-order valence-corrected chi connectivity index (χ4v) is 1.64. The normalized spacial score (nSPS) is 10.1. The Morgan fingerprint density at radius 1 is 1.35 bits per heavy atom. The summed E-state index contributed by atoms with van der Waals surface area (Å²) in [5, 5.41) is 0. The Morgan fingerprint density at radius 2 is 2.12 bits per heavy atom. The summed E-state index contributed by atoms with van der Waals surface area (Å²) in [5.74, 6) is 0.534. The molecular formula is C14H20BO2. The molecule has 0 aliphatic carbocycles. The van der Waals surface area contributed by atoms with Crippen LogP contribution in [0.2, 0.25) is 6.32 Å². The molecule has 0 unspecified atom stereocenters. The molecule has 0 saturated heterocycles. The van der Waals surface area contributed by atoms with Gasteiger partial charge in [-0.1, -0.05) is 44.2 Å². The van der Waals surface area contributed by atoms with Crippen molar-refractivity contribution in [2.24, 2.45) is 0 Å². The van der Waals surface area contributed by atoms with E-state index in [0.29, 0.717) is 12.2 Å². The molecule has 17 heavy (non-hydrogen) atoms. The van der Waals surface area contributed by atoms with E-state index in [9.17, 15) is 4.79 Å². The largest absolute Gasteiger partial charge is 0.426 e. The van der Waals surface area contributed by atoms with Gasteiger partial charge in [-0.15, -0.1) is 0 Å². The predicted octanol–water partition coefficient (Wildman–Crippen LogP) is 3.34. The molecule has 0 aliphatic rings. The number of aryl methyl sites for hydroxylation is 1. The third-order valence-corrected chi connectivity index (χ3v) is 2.59. The van der Waals surface area contributed by atoms with E-state index < -0.39 is 0 Å². The van der Waals surface area contributed by atoms with Gasteiger partial charge in [-0.05, 0) is 25.0 Å². The first-order valence-corrected chi connectivity index (χ1v) is 6.29. The minimum Gasteiger partial charge on any atom is -0.426 e. The molecule has 2 nitrogen and oxygen atoms in total. The molecule has 1 aromatic carbocycles. The van der Waals surface area contributed by atoms with Crippen LogP contribution in [0.4, 0.5) is 0 Å². The summed E-state index contributed by atoms with van der Waals surface area (Å²) in [6.45, 7) is 6.08. The van der Waals surface area contributed by atoms with Gasteiger partial charge in [0, 0.05) is 6.42 Å². The van der Waals surface area contributed by atoms with E-state index in [1.54, 1.807) is 0 Å². The van der Waals surface area contributed by atoms with E-state index in [-0.39, 0.29) is 5.97 Å². The SMILES string of the molecule is CC[B]Cc1ccc(OC(=O)CCC)c(C)c1. The molecule has 0 spiro atoms. The van der Waals surface area contributed by atoms with Gasteiger partial charge in [-0.2, -0.15) is 0 Å². The van der Waals surface area contributed by atoms with E-state index >= 15 is 0 Å². The second-order valence-corrected chi connectivity index (χ2v) is 4.22. The van der Waals surface area contributed by atoms with Crippen LogP contribution in [0.3, 0.4) is 0 Å². The minimum absolute atomic E-state index is 0.150. The summed E-state index contributed by atoms with van der Waals surface area (Å²) in [6, 6.07) is 6.00. The summed E-state index contributed by atoms with van der Waals surface area (Å²) in [5.41, 5.74) is 2.29. The number of rotatable bonds is 6. The molecule has 3 heteroatoms. The second-order valence-electron chi connectivity index (χ2n) is 4.22. The highest BCUT2D eigenvalue weighted by Gasteiger charge is 2.06. The maximum Gasteiger partial charge on any atom is 0.311 e. The molecule has 0 heterocycles. The summed E-state index contributed by atoms with van der Waals surface area (Å²) < 4.78 is 5.30. The van der Waals surface area contributed by atoms with Crippen molar-refractivity contribution in [2.75, 3.05) is 0 Å². The van der Waals surface area contributed by atoms with Crippen molar-refractivity contribution in [1.29, 1.82) is 0 Å². The standard InChI is InChI=1S/C14H20BO2/c1-4-6-14(16)17-13-8-7-12(9-11(13)3)10-15-5-2/h7-9H,4-6,10H2,1-3H3. The Morgan fingerprint density at radius 3 is 2.71 bits per heavy atom. The lowest BCUT2D eigenvalue weighted by Gasteiger charge is -2.08. The minimum atomic E-state index is -0.150. The number of hydrogen-bond acceptors (Lipinski definition) is 2. The molecule has 1 rings (SSSR count). The highest BCUT2D eigenvalue weighted by molar-refractivity contribution is 6.34.